The highest BCUT2D eigenvalue weighted by atomic mass is 32.2. The lowest BCUT2D eigenvalue weighted by Gasteiger charge is -2.24. The molecule has 160 valence electrons. The summed E-state index contributed by atoms with van der Waals surface area (Å²) in [6.07, 6.45) is -0.950. The van der Waals surface area contributed by atoms with Gasteiger partial charge in [-0.15, -0.1) is 0 Å². The number of hydrazine groups is 1. The summed E-state index contributed by atoms with van der Waals surface area (Å²) in [5, 5.41) is 14.0. The predicted molar refractivity (Wildman–Crippen MR) is 110 cm³/mol. The smallest absolute Gasteiger partial charge is 0.416 e. The van der Waals surface area contributed by atoms with Crippen molar-refractivity contribution in [3.05, 3.63) is 76.1 Å². The topological polar surface area (TPSA) is 87.3 Å². The maximum Gasteiger partial charge on any atom is 0.416 e. The fourth-order valence-electron chi connectivity index (χ4n) is 3.35. The van der Waals surface area contributed by atoms with E-state index in [9.17, 15) is 22.5 Å². The third-order valence-electron chi connectivity index (χ3n) is 4.77. The van der Waals surface area contributed by atoms with Crippen molar-refractivity contribution < 1.29 is 28.0 Å². The van der Waals surface area contributed by atoms with Crippen molar-refractivity contribution in [1.29, 1.82) is 0 Å². The zero-order valence-corrected chi connectivity index (χ0v) is 16.7. The van der Waals surface area contributed by atoms with E-state index in [2.05, 4.69) is 5.43 Å². The Morgan fingerprint density at radius 1 is 1.10 bits per heavy atom. The van der Waals surface area contributed by atoms with Gasteiger partial charge < -0.3 is 15.5 Å². The number of nitrogens with zero attached hydrogens (tertiary/aromatic N) is 2. The van der Waals surface area contributed by atoms with E-state index in [0.29, 0.717) is 29.4 Å². The lowest BCUT2D eigenvalue weighted by Crippen LogP contribution is -2.41. The van der Waals surface area contributed by atoms with Gasteiger partial charge in [-0.05, 0) is 24.3 Å². The van der Waals surface area contributed by atoms with Gasteiger partial charge in [-0.2, -0.15) is 13.2 Å². The van der Waals surface area contributed by atoms with Crippen LogP contribution in [-0.4, -0.2) is 38.2 Å². The third-order valence-corrected chi connectivity index (χ3v) is 5.53. The quantitative estimate of drug-likeness (QED) is 0.747. The summed E-state index contributed by atoms with van der Waals surface area (Å²) >= 11 is 0. The number of aliphatic hydroxyl groups excluding tert-OH is 1. The molecule has 2 heterocycles. The predicted octanol–water partition coefficient (Wildman–Crippen LogP) is 1.17. The van der Waals surface area contributed by atoms with Crippen LogP contribution in [0.25, 0.3) is 11.9 Å². The molecule has 2 aliphatic heterocycles. The van der Waals surface area contributed by atoms with E-state index in [1.165, 1.54) is 17.1 Å². The molecule has 10 heteroatoms. The van der Waals surface area contributed by atoms with Crippen LogP contribution in [0, 0.1) is 0 Å². The van der Waals surface area contributed by atoms with Crippen LogP contribution in [0.3, 0.4) is 0 Å². The molecule has 0 saturated carbocycles. The highest BCUT2D eigenvalue weighted by molar-refractivity contribution is 7.84. The minimum Gasteiger partial charge on any atom is -0.492 e. The van der Waals surface area contributed by atoms with Gasteiger partial charge in [-0.1, -0.05) is 24.3 Å². The van der Waals surface area contributed by atoms with Crippen LogP contribution in [0.1, 0.15) is 5.56 Å². The van der Waals surface area contributed by atoms with Gasteiger partial charge in [0.2, 0.25) is 5.88 Å². The molecular formula is C20H20F3N3O3S. The zero-order chi connectivity index (χ0) is 20.8. The number of hydrogen-bond acceptors (Lipinski definition) is 5. The van der Waals surface area contributed by atoms with Crippen LogP contribution in [0.2, 0.25) is 0 Å². The monoisotopic (exact) mass is 439 g/mol. The first-order valence-corrected chi connectivity index (χ1v) is 10.5. The summed E-state index contributed by atoms with van der Waals surface area (Å²) in [6, 6.07) is 12.1. The minimum atomic E-state index is -4.43. The summed E-state index contributed by atoms with van der Waals surface area (Å²) < 4.78 is 50.1. The Bertz CT molecular complexity index is 1130. The molecule has 0 radical (unpaired) electrons. The summed E-state index contributed by atoms with van der Waals surface area (Å²) in [5.41, 5.74) is 3.84. The molecule has 1 atom stereocenters. The van der Waals surface area contributed by atoms with Gasteiger partial charge in [0, 0.05) is 46.0 Å². The third kappa shape index (κ3) is 3.88. The van der Waals surface area contributed by atoms with Gasteiger partial charge in [-0.3, -0.25) is 9.63 Å². The molecule has 0 aliphatic carbocycles. The molecule has 2 aromatic rings. The van der Waals surface area contributed by atoms with Crippen molar-refractivity contribution in [2.24, 2.45) is 0 Å². The molecule has 2 aromatic carbocycles. The molecule has 1 unspecified atom stereocenters. The first kappa shape index (κ1) is 21.7. The van der Waals surface area contributed by atoms with E-state index >= 15 is 0 Å². The molecule has 0 fully saturated rings. The second-order valence-corrected chi connectivity index (χ2v) is 8.28. The van der Waals surface area contributed by atoms with Crippen LogP contribution < -0.4 is 20.9 Å². The molecule has 0 amide bonds. The standard InChI is InChI=1S/C20H18F3N3O2S.H2O/c1-29(28)11-10-25-12-13-4-2-3-5-16(13)17-18(25)19(27)26(24-17)15-8-6-14(7-9-15)20(21,22)23;/h2-9,12,24,27H,10-11H2,1H3;1H2. The highest BCUT2D eigenvalue weighted by Gasteiger charge is 2.34. The van der Waals surface area contributed by atoms with Crippen LogP contribution in [-0.2, 0) is 17.0 Å². The zero-order valence-electron chi connectivity index (χ0n) is 15.9. The average molecular weight is 439 g/mol. The summed E-state index contributed by atoms with van der Waals surface area (Å²) in [7, 11) is -1.02. The van der Waals surface area contributed by atoms with Crippen LogP contribution >= 0.6 is 0 Å². The molecule has 0 aromatic heterocycles. The summed E-state index contributed by atoms with van der Waals surface area (Å²) in [4.78, 5) is 1.81. The van der Waals surface area contributed by atoms with E-state index in [1.807, 2.05) is 35.4 Å². The van der Waals surface area contributed by atoms with E-state index in [1.54, 1.807) is 6.26 Å². The number of aliphatic hydroxyl groups is 1. The minimum absolute atomic E-state index is 0. The summed E-state index contributed by atoms with van der Waals surface area (Å²) in [6.45, 7) is 0.420. The normalized spacial score (nSPS) is 16.3. The number of anilines is 1. The van der Waals surface area contributed by atoms with Crippen LogP contribution in [0.15, 0.2) is 60.1 Å². The number of rotatable bonds is 4. The first-order chi connectivity index (χ1) is 13.8. The molecule has 6 nitrogen and oxygen atoms in total. The van der Waals surface area contributed by atoms with Crippen molar-refractivity contribution in [3.8, 4) is 0 Å². The Morgan fingerprint density at radius 3 is 2.40 bits per heavy atom. The average Bonchev–Trinajstić information content (AvgIpc) is 3.03. The SMILES string of the molecule is CS(=O)CCN1C=c2ccccc2=C2NN(c3ccc(C(F)(F)F)cc3)C(O)=C21.O. The highest BCUT2D eigenvalue weighted by Crippen LogP contribution is 2.34. The van der Waals surface area contributed by atoms with Gasteiger partial charge in [0.1, 0.15) is 5.70 Å². The summed E-state index contributed by atoms with van der Waals surface area (Å²) in [5.74, 6) is 0.274. The van der Waals surface area contributed by atoms with Crippen molar-refractivity contribution in [2.75, 3.05) is 23.6 Å². The molecule has 0 bridgehead atoms. The van der Waals surface area contributed by atoms with Crippen LogP contribution in [0.5, 0.6) is 0 Å². The number of halogens is 3. The van der Waals surface area contributed by atoms with Gasteiger partial charge in [0.15, 0.2) is 0 Å². The Labute approximate surface area is 173 Å². The Balaban J connectivity index is 0.00000256. The molecule has 2 aliphatic rings. The molecule has 30 heavy (non-hydrogen) atoms. The molecule has 4 rings (SSSR count). The number of benzene rings is 2. The van der Waals surface area contributed by atoms with Crippen LogP contribution in [0.4, 0.5) is 18.9 Å². The van der Waals surface area contributed by atoms with E-state index < -0.39 is 22.5 Å². The lowest BCUT2D eigenvalue weighted by molar-refractivity contribution is -0.137. The van der Waals surface area contributed by atoms with Crippen molar-refractivity contribution in [2.45, 2.75) is 6.18 Å². The number of nitrogens with one attached hydrogen (secondary N) is 1. The van der Waals surface area contributed by atoms with Crippen molar-refractivity contribution in [3.63, 3.8) is 0 Å². The maximum atomic E-state index is 12.9. The van der Waals surface area contributed by atoms with E-state index in [-0.39, 0.29) is 11.4 Å². The Morgan fingerprint density at radius 2 is 1.77 bits per heavy atom. The molecule has 4 N–H and O–H groups in total. The van der Waals surface area contributed by atoms with Crippen molar-refractivity contribution in [1.82, 2.24) is 10.3 Å². The van der Waals surface area contributed by atoms with Gasteiger partial charge in [0.25, 0.3) is 0 Å². The fourth-order valence-corrected chi connectivity index (χ4v) is 3.81. The first-order valence-electron chi connectivity index (χ1n) is 8.81. The Hall–Kier alpha value is -2.98. The number of alkyl halides is 3. The van der Waals surface area contributed by atoms with Crippen molar-refractivity contribution >= 4 is 28.4 Å². The second-order valence-electron chi connectivity index (χ2n) is 6.73. The largest absolute Gasteiger partial charge is 0.492 e. The van der Waals surface area contributed by atoms with Gasteiger partial charge in [0.05, 0.1) is 16.9 Å². The number of hydrogen-bond donors (Lipinski definition) is 2. The van der Waals surface area contributed by atoms with E-state index in [4.69, 9.17) is 0 Å². The molecular weight excluding hydrogens is 419 g/mol. The van der Waals surface area contributed by atoms with Gasteiger partial charge >= 0.3 is 6.18 Å². The lowest BCUT2D eigenvalue weighted by atomic mass is 10.1. The number of fused-ring (bicyclic) bond motifs is 2. The molecule has 0 saturated heterocycles. The van der Waals surface area contributed by atoms with Gasteiger partial charge in [-0.25, -0.2) is 5.01 Å². The second kappa shape index (κ2) is 8.04. The van der Waals surface area contributed by atoms with E-state index in [0.717, 1.165) is 22.6 Å². The molecule has 0 spiro atoms. The maximum absolute atomic E-state index is 12.9. The Kier molecular flexibility index (Phi) is 5.82. The fraction of sp³-hybridized carbons (Fsp3) is 0.200.